The van der Waals surface area contributed by atoms with E-state index in [1.54, 1.807) is 6.26 Å². The first-order valence-corrected chi connectivity index (χ1v) is 10.5. The Hall–Kier alpha value is -2.27. The summed E-state index contributed by atoms with van der Waals surface area (Å²) in [6.45, 7) is 5.22. The van der Waals surface area contributed by atoms with Gasteiger partial charge >= 0.3 is 6.03 Å². The molecule has 0 spiro atoms. The minimum Gasteiger partial charge on any atom is -0.468 e. The molecule has 0 radical (unpaired) electrons. The third-order valence-electron chi connectivity index (χ3n) is 6.21. The minimum absolute atomic E-state index is 0.0974. The summed E-state index contributed by atoms with van der Waals surface area (Å²) in [5.74, 6) is 1.53. The van der Waals surface area contributed by atoms with Crippen molar-refractivity contribution in [3.63, 3.8) is 0 Å². The molecule has 4 rings (SSSR count). The minimum atomic E-state index is -0.0974. The highest BCUT2D eigenvalue weighted by Gasteiger charge is 2.38. The Morgan fingerprint density at radius 3 is 2.46 bits per heavy atom. The number of piperidine rings is 2. The van der Waals surface area contributed by atoms with Crippen LogP contribution in [-0.4, -0.2) is 29.1 Å². The van der Waals surface area contributed by atoms with E-state index in [-0.39, 0.29) is 12.1 Å². The first kappa shape index (κ1) is 19.1. The number of nitrogens with one attached hydrogen (secondary N) is 2. The Balaban J connectivity index is 1.32. The molecule has 2 aliphatic rings. The van der Waals surface area contributed by atoms with Crippen LogP contribution in [0.4, 0.5) is 10.5 Å². The van der Waals surface area contributed by atoms with E-state index >= 15 is 0 Å². The third-order valence-corrected chi connectivity index (χ3v) is 6.21. The largest absolute Gasteiger partial charge is 0.468 e. The normalized spacial score (nSPS) is 24.9. The van der Waals surface area contributed by atoms with Crippen LogP contribution in [0.25, 0.3) is 0 Å². The number of rotatable bonds is 5. The summed E-state index contributed by atoms with van der Waals surface area (Å²) in [5, 5.41) is 6.20. The molecule has 2 N–H and O–H groups in total. The van der Waals surface area contributed by atoms with Gasteiger partial charge in [0.2, 0.25) is 0 Å². The van der Waals surface area contributed by atoms with Gasteiger partial charge in [-0.3, -0.25) is 4.90 Å². The van der Waals surface area contributed by atoms with Crippen LogP contribution in [0.2, 0.25) is 0 Å². The predicted molar refractivity (Wildman–Crippen MR) is 111 cm³/mol. The van der Waals surface area contributed by atoms with E-state index in [2.05, 4.69) is 47.6 Å². The smallest absolute Gasteiger partial charge is 0.319 e. The van der Waals surface area contributed by atoms with E-state index in [4.69, 9.17) is 4.42 Å². The number of nitrogens with zero attached hydrogens (tertiary/aromatic N) is 1. The van der Waals surface area contributed by atoms with Crippen molar-refractivity contribution in [2.24, 2.45) is 0 Å². The van der Waals surface area contributed by atoms with Crippen LogP contribution in [-0.2, 0) is 6.54 Å². The highest BCUT2D eigenvalue weighted by Crippen LogP contribution is 2.35. The van der Waals surface area contributed by atoms with Crippen molar-refractivity contribution in [3.8, 4) is 0 Å². The molecule has 2 bridgehead atoms. The molecule has 28 heavy (non-hydrogen) atoms. The Labute approximate surface area is 167 Å². The molecule has 5 heteroatoms. The Bertz CT molecular complexity index is 756. The van der Waals surface area contributed by atoms with Gasteiger partial charge in [-0.25, -0.2) is 4.79 Å². The molecular formula is C23H31N3O2. The van der Waals surface area contributed by atoms with Crippen LogP contribution in [0.3, 0.4) is 0 Å². The maximum Gasteiger partial charge on any atom is 0.319 e. The number of carbonyl (C=O) groups excluding carboxylic acids is 1. The number of benzene rings is 1. The zero-order chi connectivity index (χ0) is 19.5. The second-order valence-corrected chi connectivity index (χ2v) is 8.53. The molecule has 1 unspecified atom stereocenters. The summed E-state index contributed by atoms with van der Waals surface area (Å²) in [7, 11) is 0. The van der Waals surface area contributed by atoms with Gasteiger partial charge in [-0.2, -0.15) is 0 Å². The Morgan fingerprint density at radius 1 is 1.14 bits per heavy atom. The summed E-state index contributed by atoms with van der Waals surface area (Å²) in [6, 6.07) is 13.3. The van der Waals surface area contributed by atoms with E-state index < -0.39 is 0 Å². The molecule has 2 aromatic rings. The molecule has 1 aromatic heterocycles. The van der Waals surface area contributed by atoms with Gasteiger partial charge in [-0.1, -0.05) is 32.4 Å². The van der Waals surface area contributed by atoms with Crippen LogP contribution in [0.5, 0.6) is 0 Å². The number of furan rings is 1. The van der Waals surface area contributed by atoms with E-state index in [0.717, 1.165) is 30.8 Å². The topological polar surface area (TPSA) is 57.5 Å². The number of carbonyl (C=O) groups is 1. The van der Waals surface area contributed by atoms with Crippen molar-refractivity contribution in [1.82, 2.24) is 10.2 Å². The Kier molecular flexibility index (Phi) is 5.72. The fourth-order valence-corrected chi connectivity index (χ4v) is 4.74. The second-order valence-electron chi connectivity index (χ2n) is 8.53. The van der Waals surface area contributed by atoms with Crippen LogP contribution in [0, 0.1) is 0 Å². The van der Waals surface area contributed by atoms with Gasteiger partial charge in [0.1, 0.15) is 5.76 Å². The molecule has 2 saturated heterocycles. The molecule has 2 fully saturated rings. The van der Waals surface area contributed by atoms with Gasteiger partial charge in [-0.15, -0.1) is 0 Å². The zero-order valence-corrected chi connectivity index (χ0v) is 16.9. The number of hydrogen-bond donors (Lipinski definition) is 2. The molecule has 3 heterocycles. The number of hydrogen-bond acceptors (Lipinski definition) is 3. The fraction of sp³-hybridized carbons (Fsp3) is 0.522. The van der Waals surface area contributed by atoms with Crippen LogP contribution in [0.15, 0.2) is 47.1 Å². The predicted octanol–water partition coefficient (Wildman–Crippen LogP) is 5.11. The van der Waals surface area contributed by atoms with Crippen molar-refractivity contribution < 1.29 is 9.21 Å². The van der Waals surface area contributed by atoms with Gasteiger partial charge in [0, 0.05) is 23.8 Å². The SMILES string of the molecule is CC(C)c1ccc(NC(=O)NC2C[C@H]3CCC[C@@H](C2)N3Cc2ccco2)cc1. The number of fused-ring (bicyclic) bond motifs is 2. The van der Waals surface area contributed by atoms with Crippen LogP contribution < -0.4 is 10.6 Å². The molecule has 0 aliphatic carbocycles. The lowest BCUT2D eigenvalue weighted by molar-refractivity contribution is 0.0150. The maximum atomic E-state index is 12.5. The highest BCUT2D eigenvalue weighted by atomic mass is 16.3. The van der Waals surface area contributed by atoms with Gasteiger partial charge in [0.05, 0.1) is 12.8 Å². The van der Waals surface area contributed by atoms with Crippen molar-refractivity contribution >= 4 is 11.7 Å². The van der Waals surface area contributed by atoms with Gasteiger partial charge < -0.3 is 15.1 Å². The lowest BCUT2D eigenvalue weighted by Crippen LogP contribution is -2.56. The second kappa shape index (κ2) is 8.39. The van der Waals surface area contributed by atoms with Gasteiger partial charge in [0.25, 0.3) is 0 Å². The van der Waals surface area contributed by atoms with Crippen molar-refractivity contribution in [2.45, 2.75) is 76.5 Å². The molecule has 2 amide bonds. The van der Waals surface area contributed by atoms with Crippen LogP contribution >= 0.6 is 0 Å². The van der Waals surface area contributed by atoms with E-state index in [9.17, 15) is 4.79 Å². The molecule has 0 saturated carbocycles. The summed E-state index contributed by atoms with van der Waals surface area (Å²) < 4.78 is 5.56. The first-order chi connectivity index (χ1) is 13.6. The van der Waals surface area contributed by atoms with Crippen molar-refractivity contribution in [3.05, 3.63) is 54.0 Å². The molecular weight excluding hydrogens is 350 g/mol. The first-order valence-electron chi connectivity index (χ1n) is 10.5. The number of anilines is 1. The summed E-state index contributed by atoms with van der Waals surface area (Å²) in [4.78, 5) is 15.1. The quantitative estimate of drug-likeness (QED) is 0.757. The molecule has 5 nitrogen and oxygen atoms in total. The highest BCUT2D eigenvalue weighted by molar-refractivity contribution is 5.89. The average Bonchev–Trinajstić information content (AvgIpc) is 3.16. The maximum absolute atomic E-state index is 12.5. The monoisotopic (exact) mass is 381 g/mol. The third kappa shape index (κ3) is 4.41. The Morgan fingerprint density at radius 2 is 1.86 bits per heavy atom. The van der Waals surface area contributed by atoms with Crippen LogP contribution in [0.1, 0.15) is 63.2 Å². The van der Waals surface area contributed by atoms with Crippen molar-refractivity contribution in [2.75, 3.05) is 5.32 Å². The van der Waals surface area contributed by atoms with Crippen molar-refractivity contribution in [1.29, 1.82) is 0 Å². The van der Waals surface area contributed by atoms with Gasteiger partial charge in [-0.05, 0) is 61.4 Å². The van der Waals surface area contributed by atoms with Gasteiger partial charge in [0.15, 0.2) is 0 Å². The molecule has 3 atom stereocenters. The lowest BCUT2D eigenvalue weighted by Gasteiger charge is -2.48. The number of amides is 2. The molecule has 1 aromatic carbocycles. The summed E-state index contributed by atoms with van der Waals surface area (Å²) in [6.07, 6.45) is 7.46. The molecule has 150 valence electrons. The van der Waals surface area contributed by atoms with E-state index in [1.807, 2.05) is 18.2 Å². The lowest BCUT2D eigenvalue weighted by atomic mass is 9.81. The van der Waals surface area contributed by atoms with E-state index in [0.29, 0.717) is 18.0 Å². The number of urea groups is 1. The standard InChI is InChI=1S/C23H31N3O2/c1-16(2)17-8-10-18(11-9-17)24-23(27)25-19-13-20-5-3-6-21(14-19)26(20)15-22-7-4-12-28-22/h4,7-12,16,19-21H,3,5-6,13-15H2,1-2H3,(H2,24,25,27)/t19?,20-,21+. The molecule has 2 aliphatic heterocycles. The summed E-state index contributed by atoms with van der Waals surface area (Å²) in [5.41, 5.74) is 2.13. The summed E-state index contributed by atoms with van der Waals surface area (Å²) >= 11 is 0. The average molecular weight is 382 g/mol. The zero-order valence-electron chi connectivity index (χ0n) is 16.9. The fourth-order valence-electron chi connectivity index (χ4n) is 4.74. The van der Waals surface area contributed by atoms with E-state index in [1.165, 1.54) is 24.8 Å².